The molecule has 0 amide bonds. The monoisotopic (exact) mass is 330 g/mol. The van der Waals surface area contributed by atoms with E-state index in [2.05, 4.69) is 71.4 Å². The van der Waals surface area contributed by atoms with Gasteiger partial charge in [-0.05, 0) is 60.4 Å². The molecular weight excluding hydrogens is 308 g/mol. The van der Waals surface area contributed by atoms with Crippen molar-refractivity contribution in [2.24, 2.45) is 4.99 Å². The Morgan fingerprint density at radius 1 is 0.840 bits per heavy atom. The highest BCUT2D eigenvalue weighted by atomic mass is 15.4. The second kappa shape index (κ2) is 6.32. The van der Waals surface area contributed by atoms with Gasteiger partial charge in [0, 0.05) is 7.11 Å². The number of nitrogens with one attached hydrogen (secondary N) is 3. The van der Waals surface area contributed by atoms with Crippen LogP contribution in [0, 0.1) is 13.8 Å². The molecule has 3 N–H and O–H groups in total. The Hall–Kier alpha value is -3.27. The van der Waals surface area contributed by atoms with Crippen molar-refractivity contribution in [3.8, 4) is 11.1 Å². The summed E-state index contributed by atoms with van der Waals surface area (Å²) in [7, 11) is 0. The number of hydrazine groups is 1. The van der Waals surface area contributed by atoms with Crippen LogP contribution in [0.5, 0.6) is 0 Å². The fourth-order valence-electron chi connectivity index (χ4n) is 3.15. The summed E-state index contributed by atoms with van der Waals surface area (Å²) in [4.78, 5) is 4.65. The minimum Gasteiger partial charge on any atom is -0.325 e. The van der Waals surface area contributed by atoms with Gasteiger partial charge in [0.25, 0.3) is 0 Å². The molecule has 0 fully saturated rings. The first-order valence-corrected chi connectivity index (χ1v) is 8.34. The van der Waals surface area contributed by atoms with Crippen LogP contribution in [0.1, 0.15) is 12.6 Å². The molecule has 4 heteroatoms. The van der Waals surface area contributed by atoms with Crippen LogP contribution < -0.4 is 16.2 Å². The minimum atomic E-state index is 0. The summed E-state index contributed by atoms with van der Waals surface area (Å²) in [6, 6.07) is 22.7. The van der Waals surface area contributed by atoms with E-state index in [0.717, 1.165) is 17.1 Å². The van der Waals surface area contributed by atoms with Gasteiger partial charge in [-0.1, -0.05) is 42.5 Å². The Morgan fingerprint density at radius 2 is 1.60 bits per heavy atom. The summed E-state index contributed by atoms with van der Waals surface area (Å²) in [6.07, 6.45) is 0. The highest BCUT2D eigenvalue weighted by molar-refractivity contribution is 5.99. The third kappa shape index (κ3) is 3.06. The molecule has 0 atom stereocenters. The number of rotatable bonds is 2. The van der Waals surface area contributed by atoms with Crippen molar-refractivity contribution < 1.29 is 1.43 Å². The van der Waals surface area contributed by atoms with Crippen LogP contribution in [0.15, 0.2) is 71.7 Å². The molecule has 0 bridgehead atoms. The number of aryl methyl sites for hydroxylation is 2. The van der Waals surface area contributed by atoms with Crippen LogP contribution in [0.2, 0.25) is 0 Å². The number of guanidine groups is 1. The van der Waals surface area contributed by atoms with Crippen LogP contribution in [0.3, 0.4) is 0 Å². The molecule has 0 aromatic heterocycles. The number of anilines is 2. The Morgan fingerprint density at radius 3 is 2.36 bits per heavy atom. The van der Waals surface area contributed by atoms with Gasteiger partial charge in [-0.15, -0.1) is 0 Å². The lowest BCUT2D eigenvalue weighted by atomic mass is 9.95. The van der Waals surface area contributed by atoms with Crippen molar-refractivity contribution in [1.82, 2.24) is 5.43 Å². The molecule has 0 radical (unpaired) electrons. The van der Waals surface area contributed by atoms with Crippen LogP contribution in [0.4, 0.5) is 17.1 Å². The fraction of sp³-hybridized carbons (Fsp3) is 0.0952. The van der Waals surface area contributed by atoms with Gasteiger partial charge in [0.05, 0.1) is 11.4 Å². The molecule has 1 aliphatic heterocycles. The maximum atomic E-state index is 4.65. The molecule has 3 aromatic carbocycles. The number of para-hydroxylation sites is 1. The predicted octanol–water partition coefficient (Wildman–Crippen LogP) is 5.25. The topological polar surface area (TPSA) is 48.4 Å². The van der Waals surface area contributed by atoms with Gasteiger partial charge in [0.1, 0.15) is 0 Å². The molecule has 3 aromatic rings. The number of aliphatic imine (C=N–C) groups is 1. The maximum Gasteiger partial charge on any atom is 0.220 e. The number of benzene rings is 3. The Labute approximate surface area is 149 Å². The van der Waals surface area contributed by atoms with Crippen LogP contribution in [-0.4, -0.2) is 5.96 Å². The lowest BCUT2D eigenvalue weighted by Crippen LogP contribution is -2.37. The third-order valence-electron chi connectivity index (χ3n) is 4.35. The molecule has 0 saturated carbocycles. The zero-order chi connectivity index (χ0) is 17.2. The van der Waals surface area contributed by atoms with E-state index in [0.29, 0.717) is 5.96 Å². The SMILES string of the molecule is Cc1cccc(C)c1-c1ccc2c(c1)NNC(Nc1ccccc1)=N2.[HH]. The number of hydrogen-bond donors (Lipinski definition) is 3. The smallest absolute Gasteiger partial charge is 0.220 e. The molecule has 0 spiro atoms. The van der Waals surface area contributed by atoms with Crippen molar-refractivity contribution in [2.75, 3.05) is 10.7 Å². The highest BCUT2D eigenvalue weighted by Crippen LogP contribution is 2.34. The van der Waals surface area contributed by atoms with Gasteiger partial charge in [-0.2, -0.15) is 0 Å². The maximum absolute atomic E-state index is 4.65. The fourth-order valence-corrected chi connectivity index (χ4v) is 3.15. The molecule has 4 rings (SSSR count). The van der Waals surface area contributed by atoms with Crippen LogP contribution in [0.25, 0.3) is 11.1 Å². The van der Waals surface area contributed by atoms with E-state index >= 15 is 0 Å². The number of nitrogens with zero attached hydrogens (tertiary/aromatic N) is 1. The Balaban J connectivity index is 0.00000196. The lowest BCUT2D eigenvalue weighted by molar-refractivity contribution is 1.08. The summed E-state index contributed by atoms with van der Waals surface area (Å²) < 4.78 is 0. The van der Waals surface area contributed by atoms with E-state index in [-0.39, 0.29) is 1.43 Å². The molecular formula is C21H22N4. The average molecular weight is 330 g/mol. The highest BCUT2D eigenvalue weighted by Gasteiger charge is 2.13. The van der Waals surface area contributed by atoms with Gasteiger partial charge in [0.15, 0.2) is 0 Å². The first kappa shape index (κ1) is 15.3. The van der Waals surface area contributed by atoms with Gasteiger partial charge in [-0.25, -0.2) is 4.99 Å². The lowest BCUT2D eigenvalue weighted by Gasteiger charge is -2.21. The second-order valence-electron chi connectivity index (χ2n) is 6.20. The molecule has 1 aliphatic rings. The normalized spacial score (nSPS) is 12.5. The van der Waals surface area contributed by atoms with Crippen molar-refractivity contribution in [1.29, 1.82) is 0 Å². The van der Waals surface area contributed by atoms with Crippen molar-refractivity contribution >= 4 is 23.0 Å². The van der Waals surface area contributed by atoms with Crippen molar-refractivity contribution in [2.45, 2.75) is 13.8 Å². The third-order valence-corrected chi connectivity index (χ3v) is 4.35. The zero-order valence-electron chi connectivity index (χ0n) is 14.3. The van der Waals surface area contributed by atoms with Gasteiger partial charge < -0.3 is 5.32 Å². The molecule has 0 aliphatic carbocycles. The van der Waals surface area contributed by atoms with E-state index in [1.165, 1.54) is 22.3 Å². The van der Waals surface area contributed by atoms with E-state index < -0.39 is 0 Å². The van der Waals surface area contributed by atoms with Crippen molar-refractivity contribution in [3.63, 3.8) is 0 Å². The largest absolute Gasteiger partial charge is 0.325 e. The molecule has 0 unspecified atom stereocenters. The molecule has 0 saturated heterocycles. The number of hydrogen-bond acceptors (Lipinski definition) is 4. The van der Waals surface area contributed by atoms with Gasteiger partial charge >= 0.3 is 0 Å². The van der Waals surface area contributed by atoms with Crippen molar-refractivity contribution in [3.05, 3.63) is 77.9 Å². The van der Waals surface area contributed by atoms with E-state index in [9.17, 15) is 0 Å². The van der Waals surface area contributed by atoms with E-state index in [1.807, 2.05) is 30.3 Å². The summed E-state index contributed by atoms with van der Waals surface area (Å²) in [5.41, 5.74) is 14.3. The average Bonchev–Trinajstić information content (AvgIpc) is 2.62. The Kier molecular flexibility index (Phi) is 3.86. The minimum absolute atomic E-state index is 0. The van der Waals surface area contributed by atoms with Crippen LogP contribution in [-0.2, 0) is 0 Å². The first-order chi connectivity index (χ1) is 12.2. The Bertz CT molecular complexity index is 931. The molecule has 126 valence electrons. The predicted molar refractivity (Wildman–Crippen MR) is 107 cm³/mol. The molecule has 25 heavy (non-hydrogen) atoms. The van der Waals surface area contributed by atoms with E-state index in [4.69, 9.17) is 0 Å². The van der Waals surface area contributed by atoms with E-state index in [1.54, 1.807) is 0 Å². The summed E-state index contributed by atoms with van der Waals surface area (Å²) in [5.74, 6) is 0.679. The standard InChI is InChI=1S/C21H20N4.H2/c1-14-7-6-8-15(2)20(14)16-11-12-18-19(13-16)24-25-21(23-18)22-17-9-4-3-5-10-17;/h3-13,24H,1-2H3,(H2,22,23,25);1H. The summed E-state index contributed by atoms with van der Waals surface area (Å²) in [5, 5.41) is 3.26. The second-order valence-corrected chi connectivity index (χ2v) is 6.20. The summed E-state index contributed by atoms with van der Waals surface area (Å²) in [6.45, 7) is 4.29. The first-order valence-electron chi connectivity index (χ1n) is 8.34. The zero-order valence-corrected chi connectivity index (χ0v) is 14.3. The van der Waals surface area contributed by atoms with Gasteiger partial charge in [-0.3, -0.25) is 10.9 Å². The molecule has 4 nitrogen and oxygen atoms in total. The molecule has 1 heterocycles. The van der Waals surface area contributed by atoms with Gasteiger partial charge in [0.2, 0.25) is 5.96 Å². The van der Waals surface area contributed by atoms with Crippen LogP contribution >= 0.6 is 0 Å². The number of fused-ring (bicyclic) bond motifs is 1. The summed E-state index contributed by atoms with van der Waals surface area (Å²) >= 11 is 0. The quantitative estimate of drug-likeness (QED) is 0.602.